The minimum absolute atomic E-state index is 0.127. The fourth-order valence-corrected chi connectivity index (χ4v) is 2.92. The maximum Gasteiger partial charge on any atom is 0.322 e. The number of azo groups is 1. The molecule has 0 saturated carbocycles. The molecule has 1 atom stereocenters. The van der Waals surface area contributed by atoms with E-state index < -0.39 is 5.72 Å². The number of fused-ring (bicyclic) bond motifs is 1. The number of aliphatic hydroxyl groups is 1. The molecule has 2 aromatic rings. The minimum Gasteiger partial charge on any atom is -0.361 e. The number of nitrogens with one attached hydrogen (secondary N) is 1. The van der Waals surface area contributed by atoms with Crippen molar-refractivity contribution in [2.75, 3.05) is 5.32 Å². The molecule has 0 bridgehead atoms. The van der Waals surface area contributed by atoms with Gasteiger partial charge in [-0.05, 0) is 29.3 Å². The number of anilines is 1. The van der Waals surface area contributed by atoms with E-state index in [0.717, 1.165) is 16.8 Å². The van der Waals surface area contributed by atoms with E-state index >= 15 is 0 Å². The molecular weight excluding hydrogens is 304 g/mol. The van der Waals surface area contributed by atoms with Gasteiger partial charge in [-0.2, -0.15) is 5.11 Å². The number of carbonyl (C=O) groups excluding carboxylic acids is 1. The van der Waals surface area contributed by atoms with Crippen LogP contribution in [-0.2, 0) is 18.8 Å². The number of amides is 2. The summed E-state index contributed by atoms with van der Waals surface area (Å²) in [6, 6.07) is 15.1. The topological polar surface area (TPSA) is 77.3 Å². The second kappa shape index (κ2) is 5.58. The fraction of sp³-hybridized carbons (Fsp3) is 0.167. The molecule has 2 aliphatic rings. The lowest BCUT2D eigenvalue weighted by Crippen LogP contribution is -2.38. The third-order valence-electron chi connectivity index (χ3n) is 4.22. The molecule has 2 N–H and O–H groups in total. The van der Waals surface area contributed by atoms with Crippen LogP contribution < -0.4 is 5.32 Å². The van der Waals surface area contributed by atoms with E-state index in [1.165, 1.54) is 12.3 Å². The molecule has 24 heavy (non-hydrogen) atoms. The summed E-state index contributed by atoms with van der Waals surface area (Å²) in [5, 5.41) is 20.9. The van der Waals surface area contributed by atoms with Gasteiger partial charge < -0.3 is 15.3 Å². The Labute approximate surface area is 139 Å². The van der Waals surface area contributed by atoms with E-state index in [1.807, 2.05) is 36.4 Å². The van der Waals surface area contributed by atoms with Crippen LogP contribution in [0.25, 0.3) is 0 Å². The second-order valence-corrected chi connectivity index (χ2v) is 5.90. The van der Waals surface area contributed by atoms with Gasteiger partial charge in [0.2, 0.25) is 5.72 Å². The Hall–Kier alpha value is -2.99. The van der Waals surface area contributed by atoms with Gasteiger partial charge in [-0.15, -0.1) is 5.11 Å². The van der Waals surface area contributed by atoms with Gasteiger partial charge in [-0.1, -0.05) is 36.4 Å². The first-order valence-electron chi connectivity index (χ1n) is 7.69. The Bertz CT molecular complexity index is 833. The van der Waals surface area contributed by atoms with Gasteiger partial charge in [0.15, 0.2) is 0 Å². The highest BCUT2D eigenvalue weighted by Crippen LogP contribution is 2.33. The smallest absolute Gasteiger partial charge is 0.322 e. The summed E-state index contributed by atoms with van der Waals surface area (Å²) in [4.78, 5) is 14.0. The van der Waals surface area contributed by atoms with Crippen LogP contribution in [0.2, 0.25) is 0 Å². The first kappa shape index (κ1) is 14.6. The van der Waals surface area contributed by atoms with Gasteiger partial charge in [0, 0.05) is 24.3 Å². The monoisotopic (exact) mass is 320 g/mol. The van der Waals surface area contributed by atoms with Crippen LogP contribution in [0.1, 0.15) is 16.7 Å². The maximum absolute atomic E-state index is 12.3. The van der Waals surface area contributed by atoms with E-state index in [1.54, 1.807) is 17.0 Å². The Morgan fingerprint density at radius 2 is 2.04 bits per heavy atom. The summed E-state index contributed by atoms with van der Waals surface area (Å²) in [7, 11) is 0. The summed E-state index contributed by atoms with van der Waals surface area (Å²) in [5.41, 5.74) is 1.98. The largest absolute Gasteiger partial charge is 0.361 e. The Kier molecular flexibility index (Phi) is 3.39. The van der Waals surface area contributed by atoms with Crippen LogP contribution in [-0.4, -0.2) is 16.0 Å². The molecule has 6 nitrogen and oxygen atoms in total. The summed E-state index contributed by atoms with van der Waals surface area (Å²) in [6.45, 7) is 1.00. The first-order chi connectivity index (χ1) is 11.6. The molecule has 0 aromatic heterocycles. The molecule has 0 radical (unpaired) electrons. The number of hydrogen-bond donors (Lipinski definition) is 2. The molecular formula is C18H16N4O2. The highest BCUT2D eigenvalue weighted by atomic mass is 16.3. The molecule has 0 aliphatic carbocycles. The lowest BCUT2D eigenvalue weighted by molar-refractivity contribution is 0.0977. The predicted octanol–water partition coefficient (Wildman–Crippen LogP) is 3.36. The molecule has 0 fully saturated rings. The van der Waals surface area contributed by atoms with E-state index in [0.29, 0.717) is 18.7 Å². The van der Waals surface area contributed by atoms with Crippen molar-refractivity contribution >= 4 is 11.7 Å². The highest BCUT2D eigenvalue weighted by Gasteiger charge is 2.31. The number of urea groups is 1. The number of carbonyl (C=O) groups is 1. The van der Waals surface area contributed by atoms with Crippen molar-refractivity contribution in [3.8, 4) is 0 Å². The quantitative estimate of drug-likeness (QED) is 0.909. The zero-order chi connectivity index (χ0) is 16.6. The lowest BCUT2D eigenvalue weighted by Gasteiger charge is -2.30. The lowest BCUT2D eigenvalue weighted by atomic mass is 9.98. The van der Waals surface area contributed by atoms with Gasteiger partial charge in [-0.3, -0.25) is 0 Å². The predicted molar refractivity (Wildman–Crippen MR) is 89.0 cm³/mol. The average Bonchev–Trinajstić information content (AvgIpc) is 3.04. The zero-order valence-corrected chi connectivity index (χ0v) is 12.9. The molecule has 2 aromatic carbocycles. The van der Waals surface area contributed by atoms with Crippen molar-refractivity contribution in [3.05, 3.63) is 77.5 Å². The van der Waals surface area contributed by atoms with E-state index in [2.05, 4.69) is 15.5 Å². The van der Waals surface area contributed by atoms with E-state index in [9.17, 15) is 9.90 Å². The second-order valence-electron chi connectivity index (χ2n) is 5.90. The maximum atomic E-state index is 12.3. The summed E-state index contributed by atoms with van der Waals surface area (Å²) < 4.78 is 0. The molecule has 0 spiro atoms. The SMILES string of the molecule is O=C1Nc2ccc(C3(O)C=CN=N3)cc2CN1Cc1ccccc1. The van der Waals surface area contributed by atoms with Gasteiger partial charge in [0.1, 0.15) is 0 Å². The molecule has 2 amide bonds. The van der Waals surface area contributed by atoms with Crippen LogP contribution in [0.15, 0.2) is 71.0 Å². The first-order valence-corrected chi connectivity index (χ1v) is 7.69. The van der Waals surface area contributed by atoms with Crippen molar-refractivity contribution in [2.24, 2.45) is 10.2 Å². The zero-order valence-electron chi connectivity index (χ0n) is 12.9. The third kappa shape index (κ3) is 2.57. The molecule has 2 aliphatic heterocycles. The Morgan fingerprint density at radius 1 is 1.21 bits per heavy atom. The average molecular weight is 320 g/mol. The van der Waals surface area contributed by atoms with Crippen LogP contribution in [0, 0.1) is 0 Å². The third-order valence-corrected chi connectivity index (χ3v) is 4.22. The van der Waals surface area contributed by atoms with Crippen LogP contribution >= 0.6 is 0 Å². The van der Waals surface area contributed by atoms with Crippen molar-refractivity contribution in [1.82, 2.24) is 4.90 Å². The summed E-state index contributed by atoms with van der Waals surface area (Å²) >= 11 is 0. The number of benzene rings is 2. The van der Waals surface area contributed by atoms with Crippen LogP contribution in [0.4, 0.5) is 10.5 Å². The van der Waals surface area contributed by atoms with Crippen LogP contribution in [0.3, 0.4) is 0 Å². The molecule has 120 valence electrons. The van der Waals surface area contributed by atoms with E-state index in [-0.39, 0.29) is 6.03 Å². The van der Waals surface area contributed by atoms with Crippen LogP contribution in [0.5, 0.6) is 0 Å². The molecule has 1 unspecified atom stereocenters. The fourth-order valence-electron chi connectivity index (χ4n) is 2.92. The molecule has 4 rings (SSSR count). The normalized spacial score (nSPS) is 21.7. The van der Waals surface area contributed by atoms with Gasteiger partial charge in [0.25, 0.3) is 0 Å². The van der Waals surface area contributed by atoms with Crippen molar-refractivity contribution in [1.29, 1.82) is 0 Å². The summed E-state index contributed by atoms with van der Waals surface area (Å²) in [5.74, 6) is 0. The molecule has 2 heterocycles. The minimum atomic E-state index is -1.42. The van der Waals surface area contributed by atoms with Gasteiger partial charge in [0.05, 0.1) is 6.20 Å². The number of hydrogen-bond acceptors (Lipinski definition) is 4. The van der Waals surface area contributed by atoms with Crippen molar-refractivity contribution in [3.63, 3.8) is 0 Å². The van der Waals surface area contributed by atoms with Crippen molar-refractivity contribution < 1.29 is 9.90 Å². The molecule has 0 saturated heterocycles. The van der Waals surface area contributed by atoms with E-state index in [4.69, 9.17) is 0 Å². The van der Waals surface area contributed by atoms with Gasteiger partial charge >= 0.3 is 6.03 Å². The van der Waals surface area contributed by atoms with Crippen molar-refractivity contribution in [2.45, 2.75) is 18.8 Å². The summed E-state index contributed by atoms with van der Waals surface area (Å²) in [6.07, 6.45) is 3.01. The number of rotatable bonds is 3. The molecule has 6 heteroatoms. The Balaban J connectivity index is 1.61. The number of nitrogens with zero attached hydrogens (tertiary/aromatic N) is 3. The highest BCUT2D eigenvalue weighted by molar-refractivity contribution is 5.92. The van der Waals surface area contributed by atoms with Gasteiger partial charge in [-0.25, -0.2) is 4.79 Å². The Morgan fingerprint density at radius 3 is 2.79 bits per heavy atom. The standard InChI is InChI=1S/C18H16N4O2/c23-17-20-16-7-6-15(18(24)8-9-19-21-18)10-14(16)12-22(17)11-13-4-2-1-3-5-13/h1-10,24H,11-12H2,(H,20,23).